The Morgan fingerprint density at radius 2 is 1.38 bits per heavy atom. The number of halogens is 1. The van der Waals surface area contributed by atoms with Gasteiger partial charge in [0, 0.05) is 0 Å². The molecule has 1 atom stereocenters. The van der Waals surface area contributed by atoms with Crippen LogP contribution < -0.4 is 0 Å². The summed E-state index contributed by atoms with van der Waals surface area (Å²) in [6, 6.07) is 0. The van der Waals surface area contributed by atoms with Gasteiger partial charge in [-0.2, -0.15) is 0 Å². The number of hydrogen-bond donors (Lipinski definition) is 0. The third-order valence-corrected chi connectivity index (χ3v) is 4.24. The molecule has 0 spiro atoms. The highest BCUT2D eigenvalue weighted by molar-refractivity contribution is 4.99. The fourth-order valence-electron chi connectivity index (χ4n) is 1.91. The lowest BCUT2D eigenvalue weighted by Crippen LogP contribution is -1.99. The zero-order valence-electron chi connectivity index (χ0n) is 18.7. The van der Waals surface area contributed by atoms with Gasteiger partial charge in [-0.3, -0.25) is 4.70 Å². The van der Waals surface area contributed by atoms with Crippen molar-refractivity contribution in [3.63, 3.8) is 0 Å². The van der Waals surface area contributed by atoms with E-state index in [0.717, 1.165) is 11.8 Å². The van der Waals surface area contributed by atoms with Gasteiger partial charge in [-0.15, -0.1) is 13.2 Å². The van der Waals surface area contributed by atoms with Crippen LogP contribution >= 0.6 is 0 Å². The minimum absolute atomic E-state index is 0. The lowest BCUT2D eigenvalue weighted by Gasteiger charge is -2.15. The van der Waals surface area contributed by atoms with Crippen molar-refractivity contribution < 1.29 is 4.70 Å². The van der Waals surface area contributed by atoms with Crippen LogP contribution in [-0.2, 0) is 0 Å². The van der Waals surface area contributed by atoms with Crippen molar-refractivity contribution in [1.29, 1.82) is 0 Å². The second kappa shape index (κ2) is 33.9. The van der Waals surface area contributed by atoms with Crippen LogP contribution in [0.2, 0.25) is 0 Å². The zero-order valence-corrected chi connectivity index (χ0v) is 18.7. The van der Waals surface area contributed by atoms with Gasteiger partial charge in [0.15, 0.2) is 0 Å². The van der Waals surface area contributed by atoms with Gasteiger partial charge in [0.1, 0.15) is 0 Å². The van der Waals surface area contributed by atoms with E-state index in [1.165, 1.54) is 56.9 Å². The summed E-state index contributed by atoms with van der Waals surface area (Å²) >= 11 is 0. The first-order chi connectivity index (χ1) is 11.0. The van der Waals surface area contributed by atoms with Crippen LogP contribution in [0.4, 0.5) is 4.70 Å². The molecule has 0 bridgehead atoms. The molecule has 150 valence electrons. The van der Waals surface area contributed by atoms with E-state index in [9.17, 15) is 0 Å². The molecule has 1 saturated carbocycles. The summed E-state index contributed by atoms with van der Waals surface area (Å²) in [5.41, 5.74) is 1.51. The summed E-state index contributed by atoms with van der Waals surface area (Å²) in [7, 11) is 0. The van der Waals surface area contributed by atoms with E-state index < -0.39 is 0 Å². The van der Waals surface area contributed by atoms with Crippen LogP contribution in [0, 0.1) is 11.8 Å². The van der Waals surface area contributed by atoms with Crippen molar-refractivity contribution >= 4 is 0 Å². The molecule has 0 aromatic rings. The highest BCUT2D eigenvalue weighted by Crippen LogP contribution is 2.22. The standard InChI is InChI=1S/C8H16.C7H14.C4H10.C2H6.C2H4.FH/c1-5-7(3)8(4)6-2;1-7-5-3-2-4-6-7;1-3-4-2;2*1-2;/h5,8H,6H2,1-4H3;7H,2-6H2,1H3;3-4H2,1-2H3;1-2H3;1-2H2;1H/b7-5+;;;;;. The fraction of sp³-hybridized carbons (Fsp3) is 0.826. The lowest BCUT2D eigenvalue weighted by atomic mass is 9.91. The van der Waals surface area contributed by atoms with Crippen LogP contribution in [0.3, 0.4) is 0 Å². The van der Waals surface area contributed by atoms with Gasteiger partial charge in [-0.1, -0.05) is 105 Å². The Morgan fingerprint density at radius 3 is 1.50 bits per heavy atom. The van der Waals surface area contributed by atoms with E-state index in [2.05, 4.69) is 67.7 Å². The van der Waals surface area contributed by atoms with Crippen LogP contribution in [0.25, 0.3) is 0 Å². The maximum absolute atomic E-state index is 3.00. The maximum atomic E-state index is 3.00. The Bertz CT molecular complexity index is 200. The van der Waals surface area contributed by atoms with E-state index >= 15 is 0 Å². The van der Waals surface area contributed by atoms with Gasteiger partial charge < -0.3 is 0 Å². The molecule has 0 nitrogen and oxygen atoms in total. The number of allylic oxidation sites excluding steroid dienone is 2. The largest absolute Gasteiger partial charge is 0.269 e. The Morgan fingerprint density at radius 1 is 1.00 bits per heavy atom. The van der Waals surface area contributed by atoms with Crippen molar-refractivity contribution in [2.24, 2.45) is 11.8 Å². The summed E-state index contributed by atoms with van der Waals surface area (Å²) in [6.45, 7) is 25.5. The highest BCUT2D eigenvalue weighted by Gasteiger charge is 2.05. The van der Waals surface area contributed by atoms with Gasteiger partial charge in [0.25, 0.3) is 0 Å². The van der Waals surface area contributed by atoms with Crippen molar-refractivity contribution in [3.05, 3.63) is 24.8 Å². The predicted octanol–water partition coefficient (Wildman–Crippen LogP) is 9.37. The monoisotopic (exact) mass is 346 g/mol. The number of hydrogen-bond acceptors (Lipinski definition) is 0. The van der Waals surface area contributed by atoms with Crippen LogP contribution in [-0.4, -0.2) is 0 Å². The number of unbranched alkanes of at least 4 members (excludes halogenated alkanes) is 1. The highest BCUT2D eigenvalue weighted by atomic mass is 19.0. The average Bonchev–Trinajstić information content (AvgIpc) is 2.65. The molecule has 1 aliphatic carbocycles. The van der Waals surface area contributed by atoms with Crippen molar-refractivity contribution in [3.8, 4) is 0 Å². The minimum atomic E-state index is 0. The first-order valence-corrected chi connectivity index (χ1v) is 10.2. The molecular formula is C23H51F. The first kappa shape index (κ1) is 34.7. The summed E-state index contributed by atoms with van der Waals surface area (Å²) in [5.74, 6) is 1.81. The van der Waals surface area contributed by atoms with Gasteiger partial charge in [-0.05, 0) is 32.1 Å². The molecule has 0 aromatic heterocycles. The molecule has 0 N–H and O–H groups in total. The molecule has 1 heteroatoms. The molecule has 24 heavy (non-hydrogen) atoms. The van der Waals surface area contributed by atoms with Gasteiger partial charge >= 0.3 is 0 Å². The molecule has 1 unspecified atom stereocenters. The van der Waals surface area contributed by atoms with Gasteiger partial charge in [-0.25, -0.2) is 0 Å². The molecule has 1 aliphatic rings. The third-order valence-electron chi connectivity index (χ3n) is 4.24. The smallest absolute Gasteiger partial charge is 0.0237 e. The molecule has 0 amide bonds. The van der Waals surface area contributed by atoms with Crippen LogP contribution in [0.5, 0.6) is 0 Å². The molecule has 0 heterocycles. The van der Waals surface area contributed by atoms with E-state index in [4.69, 9.17) is 0 Å². The molecule has 0 saturated heterocycles. The van der Waals surface area contributed by atoms with Crippen LogP contribution in [0.1, 0.15) is 114 Å². The maximum Gasteiger partial charge on any atom is -0.0237 e. The molecule has 0 aliphatic heterocycles. The Kier molecular flexibility index (Phi) is 49.0. The second-order valence-corrected chi connectivity index (χ2v) is 6.09. The molecule has 1 rings (SSSR count). The van der Waals surface area contributed by atoms with Gasteiger partial charge in [0.05, 0.1) is 0 Å². The molecule has 0 aromatic carbocycles. The third kappa shape index (κ3) is 33.1. The zero-order chi connectivity index (χ0) is 19.1. The molecule has 1 fully saturated rings. The SMILES string of the molecule is C/C=C(\C)C(C)CC.C=C.CC.CC1CCCCC1.CCCC.F. The topological polar surface area (TPSA) is 0 Å². The lowest BCUT2D eigenvalue weighted by molar-refractivity contribution is 0.385. The molecule has 0 radical (unpaired) electrons. The second-order valence-electron chi connectivity index (χ2n) is 6.09. The Hall–Kier alpha value is -0.590. The van der Waals surface area contributed by atoms with E-state index in [1.807, 2.05) is 13.8 Å². The van der Waals surface area contributed by atoms with E-state index in [-0.39, 0.29) is 4.70 Å². The average molecular weight is 347 g/mol. The predicted molar refractivity (Wildman–Crippen MR) is 117 cm³/mol. The van der Waals surface area contributed by atoms with Crippen molar-refractivity contribution in [2.75, 3.05) is 0 Å². The first-order valence-electron chi connectivity index (χ1n) is 10.2. The summed E-state index contributed by atoms with van der Waals surface area (Å²) in [5, 5.41) is 0. The summed E-state index contributed by atoms with van der Waals surface area (Å²) in [4.78, 5) is 0. The number of rotatable bonds is 3. The fourth-order valence-corrected chi connectivity index (χ4v) is 1.91. The summed E-state index contributed by atoms with van der Waals surface area (Å²) < 4.78 is 0. The van der Waals surface area contributed by atoms with Crippen molar-refractivity contribution in [2.45, 2.75) is 114 Å². The van der Waals surface area contributed by atoms with Crippen LogP contribution in [0.15, 0.2) is 24.8 Å². The minimum Gasteiger partial charge on any atom is -0.269 e. The Balaban J connectivity index is -0.0000000690. The summed E-state index contributed by atoms with van der Waals surface area (Å²) in [6.07, 6.45) is 13.5. The normalized spacial score (nSPS) is 14.5. The van der Waals surface area contributed by atoms with Crippen molar-refractivity contribution in [1.82, 2.24) is 0 Å². The van der Waals surface area contributed by atoms with E-state index in [0.29, 0.717) is 0 Å². The van der Waals surface area contributed by atoms with Gasteiger partial charge in [0.2, 0.25) is 0 Å². The quantitative estimate of drug-likeness (QED) is 0.446. The van der Waals surface area contributed by atoms with E-state index in [1.54, 1.807) is 0 Å². The Labute approximate surface area is 155 Å². The molecular weight excluding hydrogens is 295 g/mol.